The Balaban J connectivity index is 1.85. The van der Waals surface area contributed by atoms with Gasteiger partial charge in [0, 0.05) is 29.8 Å². The summed E-state index contributed by atoms with van der Waals surface area (Å²) in [5, 5.41) is 3.63. The summed E-state index contributed by atoms with van der Waals surface area (Å²) in [4.78, 5) is 28.8. The summed E-state index contributed by atoms with van der Waals surface area (Å²) in [6, 6.07) is 23.1. The molecule has 3 rings (SSSR count). The van der Waals surface area contributed by atoms with Crippen molar-refractivity contribution in [2.45, 2.75) is 58.5 Å². The molecule has 0 fully saturated rings. The monoisotopic (exact) mass is 522 g/mol. The molecule has 190 valence electrons. The molecule has 6 heteroatoms. The summed E-state index contributed by atoms with van der Waals surface area (Å²) >= 11 is 7.81. The first-order valence-electron chi connectivity index (χ1n) is 12.2. The minimum Gasteiger partial charge on any atom is -0.352 e. The standard InChI is InChI=1S/C30H35ClN2O2S/c1-21(2)32-30(35)28(17-24-9-6-5-7-10-24)33(18-25-11-8-12-27(31)16-25)29(34)20-36-19-26-14-22(3)13-23(4)15-26/h5-16,21,28H,17-20H2,1-4H3,(H,32,35). The van der Waals surface area contributed by atoms with Crippen molar-refractivity contribution >= 4 is 35.2 Å². The molecule has 0 aliphatic rings. The van der Waals surface area contributed by atoms with Gasteiger partial charge in [0.25, 0.3) is 0 Å². The van der Waals surface area contributed by atoms with Crippen LogP contribution in [0.25, 0.3) is 0 Å². The topological polar surface area (TPSA) is 49.4 Å². The van der Waals surface area contributed by atoms with Gasteiger partial charge in [-0.1, -0.05) is 83.4 Å². The molecule has 3 aromatic carbocycles. The molecule has 1 unspecified atom stereocenters. The van der Waals surface area contributed by atoms with Crippen molar-refractivity contribution < 1.29 is 9.59 Å². The van der Waals surface area contributed by atoms with E-state index >= 15 is 0 Å². The lowest BCUT2D eigenvalue weighted by Gasteiger charge is -2.32. The normalized spacial score (nSPS) is 11.8. The van der Waals surface area contributed by atoms with Crippen molar-refractivity contribution in [3.05, 3.63) is 106 Å². The van der Waals surface area contributed by atoms with Gasteiger partial charge in [0.2, 0.25) is 11.8 Å². The molecule has 0 radical (unpaired) electrons. The van der Waals surface area contributed by atoms with Crippen LogP contribution < -0.4 is 5.32 Å². The van der Waals surface area contributed by atoms with Crippen molar-refractivity contribution in [2.75, 3.05) is 5.75 Å². The summed E-state index contributed by atoms with van der Waals surface area (Å²) in [5.74, 6) is 0.807. The second kappa shape index (κ2) is 13.5. The van der Waals surface area contributed by atoms with E-state index in [0.29, 0.717) is 18.0 Å². The average molecular weight is 523 g/mol. The van der Waals surface area contributed by atoms with Gasteiger partial charge in [0.05, 0.1) is 5.75 Å². The number of amides is 2. The quantitative estimate of drug-likeness (QED) is 0.319. The van der Waals surface area contributed by atoms with E-state index in [1.807, 2.05) is 68.4 Å². The Morgan fingerprint density at radius 2 is 1.56 bits per heavy atom. The number of aryl methyl sites for hydroxylation is 2. The molecular formula is C30H35ClN2O2S. The van der Waals surface area contributed by atoms with Crippen LogP contribution in [0.1, 0.15) is 41.7 Å². The summed E-state index contributed by atoms with van der Waals surface area (Å²) in [7, 11) is 0. The van der Waals surface area contributed by atoms with Gasteiger partial charge in [0.15, 0.2) is 0 Å². The Morgan fingerprint density at radius 3 is 2.19 bits per heavy atom. The van der Waals surface area contributed by atoms with Crippen LogP contribution >= 0.6 is 23.4 Å². The van der Waals surface area contributed by atoms with Crippen molar-refractivity contribution in [1.29, 1.82) is 0 Å². The number of halogens is 1. The predicted molar refractivity (Wildman–Crippen MR) is 151 cm³/mol. The molecule has 0 aliphatic heterocycles. The second-order valence-corrected chi connectivity index (χ2v) is 10.9. The van der Waals surface area contributed by atoms with E-state index in [-0.39, 0.29) is 23.6 Å². The number of benzene rings is 3. The molecule has 1 atom stereocenters. The van der Waals surface area contributed by atoms with Gasteiger partial charge in [-0.15, -0.1) is 11.8 Å². The van der Waals surface area contributed by atoms with Crippen LogP contribution in [0.3, 0.4) is 0 Å². The maximum Gasteiger partial charge on any atom is 0.243 e. The molecule has 36 heavy (non-hydrogen) atoms. The minimum atomic E-state index is -0.636. The van der Waals surface area contributed by atoms with E-state index in [0.717, 1.165) is 16.9 Å². The van der Waals surface area contributed by atoms with Crippen LogP contribution in [0.2, 0.25) is 5.02 Å². The molecule has 0 spiro atoms. The third-order valence-electron chi connectivity index (χ3n) is 5.72. The summed E-state index contributed by atoms with van der Waals surface area (Å²) < 4.78 is 0. The lowest BCUT2D eigenvalue weighted by atomic mass is 10.0. The number of carbonyl (C=O) groups excluding carboxylic acids is 2. The highest BCUT2D eigenvalue weighted by Gasteiger charge is 2.30. The van der Waals surface area contributed by atoms with E-state index in [1.54, 1.807) is 16.7 Å². The molecule has 3 aromatic rings. The average Bonchev–Trinajstić information content (AvgIpc) is 2.81. The van der Waals surface area contributed by atoms with Crippen LogP contribution in [-0.4, -0.2) is 34.6 Å². The van der Waals surface area contributed by atoms with Crippen LogP contribution in [0.5, 0.6) is 0 Å². The van der Waals surface area contributed by atoms with Crippen molar-refractivity contribution in [2.24, 2.45) is 0 Å². The van der Waals surface area contributed by atoms with Crippen molar-refractivity contribution in [3.63, 3.8) is 0 Å². The zero-order valence-corrected chi connectivity index (χ0v) is 23.0. The van der Waals surface area contributed by atoms with Crippen LogP contribution in [0, 0.1) is 13.8 Å². The first-order chi connectivity index (χ1) is 17.2. The largest absolute Gasteiger partial charge is 0.352 e. The predicted octanol–water partition coefficient (Wildman–Crippen LogP) is 6.35. The highest BCUT2D eigenvalue weighted by molar-refractivity contribution is 7.99. The first-order valence-corrected chi connectivity index (χ1v) is 13.8. The van der Waals surface area contributed by atoms with Gasteiger partial charge >= 0.3 is 0 Å². The smallest absolute Gasteiger partial charge is 0.243 e. The Labute approximate surface area is 224 Å². The number of thioether (sulfide) groups is 1. The van der Waals surface area contributed by atoms with Gasteiger partial charge in [-0.25, -0.2) is 0 Å². The number of rotatable bonds is 11. The van der Waals surface area contributed by atoms with Gasteiger partial charge < -0.3 is 10.2 Å². The van der Waals surface area contributed by atoms with Crippen LogP contribution in [0.4, 0.5) is 0 Å². The first kappa shape index (κ1) is 27.8. The van der Waals surface area contributed by atoms with Crippen LogP contribution in [-0.2, 0) is 28.3 Å². The lowest BCUT2D eigenvalue weighted by Crippen LogP contribution is -2.52. The zero-order valence-electron chi connectivity index (χ0n) is 21.5. The van der Waals surface area contributed by atoms with E-state index in [4.69, 9.17) is 11.6 Å². The molecule has 4 nitrogen and oxygen atoms in total. The van der Waals surface area contributed by atoms with E-state index < -0.39 is 6.04 Å². The Morgan fingerprint density at radius 1 is 0.889 bits per heavy atom. The Hall–Kier alpha value is -2.76. The maximum absolute atomic E-state index is 13.7. The van der Waals surface area contributed by atoms with Gasteiger partial charge in [-0.2, -0.15) is 0 Å². The SMILES string of the molecule is Cc1cc(C)cc(CSCC(=O)N(Cc2cccc(Cl)c2)C(Cc2ccccc2)C(=O)NC(C)C)c1. The van der Waals surface area contributed by atoms with Gasteiger partial charge in [-0.3, -0.25) is 9.59 Å². The fourth-order valence-electron chi connectivity index (χ4n) is 4.26. The van der Waals surface area contributed by atoms with Crippen molar-refractivity contribution in [3.8, 4) is 0 Å². The minimum absolute atomic E-state index is 0.0298. The van der Waals surface area contributed by atoms with Gasteiger partial charge in [0.1, 0.15) is 6.04 Å². The number of nitrogens with zero attached hydrogens (tertiary/aromatic N) is 1. The Kier molecular flexibility index (Phi) is 10.4. The van der Waals surface area contributed by atoms with Crippen molar-refractivity contribution in [1.82, 2.24) is 10.2 Å². The fourth-order valence-corrected chi connectivity index (χ4v) is 5.32. The van der Waals surface area contributed by atoms with Gasteiger partial charge in [-0.05, 0) is 56.5 Å². The summed E-state index contributed by atoms with van der Waals surface area (Å²) in [6.07, 6.45) is 0.438. The molecule has 0 saturated carbocycles. The molecule has 0 bridgehead atoms. The number of carbonyl (C=O) groups is 2. The molecular weight excluding hydrogens is 488 g/mol. The molecule has 1 N–H and O–H groups in total. The highest BCUT2D eigenvalue weighted by atomic mass is 35.5. The number of hydrogen-bond acceptors (Lipinski definition) is 3. The summed E-state index contributed by atoms with van der Waals surface area (Å²) in [5.41, 5.74) is 5.53. The maximum atomic E-state index is 13.7. The molecule has 2 amide bonds. The third kappa shape index (κ3) is 8.72. The zero-order chi connectivity index (χ0) is 26.1. The van der Waals surface area contributed by atoms with Crippen LogP contribution in [0.15, 0.2) is 72.8 Å². The molecule has 0 heterocycles. The van der Waals surface area contributed by atoms with E-state index in [2.05, 4.69) is 37.4 Å². The molecule has 0 aliphatic carbocycles. The summed E-state index contributed by atoms with van der Waals surface area (Å²) in [6.45, 7) is 8.34. The highest BCUT2D eigenvalue weighted by Crippen LogP contribution is 2.21. The van der Waals surface area contributed by atoms with E-state index in [9.17, 15) is 9.59 Å². The number of nitrogens with one attached hydrogen (secondary N) is 1. The third-order valence-corrected chi connectivity index (χ3v) is 6.94. The number of hydrogen-bond donors (Lipinski definition) is 1. The Bertz CT molecular complexity index is 1150. The molecule has 0 saturated heterocycles. The molecule has 0 aromatic heterocycles. The lowest BCUT2D eigenvalue weighted by molar-refractivity contribution is -0.139. The van der Waals surface area contributed by atoms with E-state index in [1.165, 1.54) is 16.7 Å². The fraction of sp³-hybridized carbons (Fsp3) is 0.333. The second-order valence-electron chi connectivity index (χ2n) is 9.51.